The maximum absolute atomic E-state index is 10.8. The highest BCUT2D eigenvalue weighted by atomic mass is 35.5. The molecule has 0 aliphatic rings. The van der Waals surface area contributed by atoms with E-state index in [9.17, 15) is 4.79 Å². The van der Waals surface area contributed by atoms with Gasteiger partial charge in [0.1, 0.15) is 0 Å². The van der Waals surface area contributed by atoms with Crippen LogP contribution in [0.2, 0.25) is 5.02 Å². The van der Waals surface area contributed by atoms with Gasteiger partial charge in [0.15, 0.2) is 0 Å². The number of hydrogen-bond acceptors (Lipinski definition) is 4. The van der Waals surface area contributed by atoms with Crippen LogP contribution in [0.5, 0.6) is 0 Å². The van der Waals surface area contributed by atoms with Crippen molar-refractivity contribution in [3.63, 3.8) is 0 Å². The minimum absolute atomic E-state index is 0.146. The molecule has 0 atom stereocenters. The van der Waals surface area contributed by atoms with Crippen molar-refractivity contribution in [1.82, 2.24) is 9.97 Å². The minimum Gasteiger partial charge on any atom is -0.478 e. The lowest BCUT2D eigenvalue weighted by Crippen LogP contribution is -2.00. The van der Waals surface area contributed by atoms with E-state index in [2.05, 4.69) is 15.3 Å². The lowest BCUT2D eigenvalue weighted by atomic mass is 10.2. The highest BCUT2D eigenvalue weighted by molar-refractivity contribution is 6.33. The normalized spacial score (nSPS) is 9.94. The summed E-state index contributed by atoms with van der Waals surface area (Å²) < 4.78 is 0. The van der Waals surface area contributed by atoms with E-state index in [-0.39, 0.29) is 5.56 Å². The van der Waals surface area contributed by atoms with E-state index in [4.69, 9.17) is 16.7 Å². The molecule has 0 amide bonds. The standard InChI is InChI=1S/C11H8ClN3O2/c12-8-3-2-7(10(16)17)6-9(8)15-11-13-4-1-5-14-11/h1-6H,(H,16,17)(H,13,14,15). The summed E-state index contributed by atoms with van der Waals surface area (Å²) in [6, 6.07) is 6.06. The molecule has 0 aliphatic carbocycles. The quantitative estimate of drug-likeness (QED) is 0.874. The molecule has 2 aromatic rings. The predicted molar refractivity (Wildman–Crippen MR) is 63.7 cm³/mol. The van der Waals surface area contributed by atoms with Crippen LogP contribution in [-0.2, 0) is 0 Å². The van der Waals surface area contributed by atoms with Crippen LogP contribution in [-0.4, -0.2) is 21.0 Å². The summed E-state index contributed by atoms with van der Waals surface area (Å²) in [6.07, 6.45) is 3.15. The monoisotopic (exact) mass is 249 g/mol. The molecule has 0 fully saturated rings. The van der Waals surface area contributed by atoms with Crippen LogP contribution >= 0.6 is 11.6 Å². The smallest absolute Gasteiger partial charge is 0.335 e. The third-order valence-corrected chi connectivity index (χ3v) is 2.36. The molecule has 17 heavy (non-hydrogen) atoms. The van der Waals surface area contributed by atoms with E-state index in [0.717, 1.165) is 0 Å². The molecule has 0 saturated heterocycles. The van der Waals surface area contributed by atoms with Crippen molar-refractivity contribution in [3.05, 3.63) is 47.2 Å². The molecule has 1 aromatic heterocycles. The molecular weight excluding hydrogens is 242 g/mol. The third kappa shape index (κ3) is 2.70. The van der Waals surface area contributed by atoms with Crippen molar-refractivity contribution >= 4 is 29.2 Å². The van der Waals surface area contributed by atoms with Crippen molar-refractivity contribution in [2.45, 2.75) is 0 Å². The van der Waals surface area contributed by atoms with E-state index in [1.807, 2.05) is 0 Å². The van der Waals surface area contributed by atoms with Crippen LogP contribution in [0.25, 0.3) is 0 Å². The Hall–Kier alpha value is -2.14. The van der Waals surface area contributed by atoms with Gasteiger partial charge in [-0.15, -0.1) is 0 Å². The number of nitrogens with one attached hydrogen (secondary N) is 1. The van der Waals surface area contributed by atoms with Gasteiger partial charge < -0.3 is 10.4 Å². The largest absolute Gasteiger partial charge is 0.478 e. The van der Waals surface area contributed by atoms with E-state index < -0.39 is 5.97 Å². The summed E-state index contributed by atoms with van der Waals surface area (Å²) in [4.78, 5) is 18.7. The Kier molecular flexibility index (Phi) is 3.20. The molecule has 0 unspecified atom stereocenters. The molecular formula is C11H8ClN3O2. The zero-order valence-electron chi connectivity index (χ0n) is 8.59. The average molecular weight is 250 g/mol. The van der Waals surface area contributed by atoms with Crippen molar-refractivity contribution in [1.29, 1.82) is 0 Å². The van der Waals surface area contributed by atoms with Crippen molar-refractivity contribution in [2.75, 3.05) is 5.32 Å². The lowest BCUT2D eigenvalue weighted by Gasteiger charge is -2.07. The zero-order valence-corrected chi connectivity index (χ0v) is 9.35. The van der Waals surface area contributed by atoms with Gasteiger partial charge in [0.25, 0.3) is 0 Å². The second kappa shape index (κ2) is 4.80. The number of benzene rings is 1. The highest BCUT2D eigenvalue weighted by Crippen LogP contribution is 2.25. The highest BCUT2D eigenvalue weighted by Gasteiger charge is 2.08. The van der Waals surface area contributed by atoms with Crippen LogP contribution in [0.4, 0.5) is 11.6 Å². The molecule has 2 rings (SSSR count). The number of hydrogen-bond donors (Lipinski definition) is 2. The number of nitrogens with zero attached hydrogens (tertiary/aromatic N) is 2. The first-order chi connectivity index (χ1) is 8.16. The van der Waals surface area contributed by atoms with Crippen LogP contribution in [0.15, 0.2) is 36.7 Å². The summed E-state index contributed by atoms with van der Waals surface area (Å²) in [5.41, 5.74) is 0.602. The van der Waals surface area contributed by atoms with Gasteiger partial charge in [0.05, 0.1) is 16.3 Å². The molecule has 0 aliphatic heterocycles. The number of aromatic nitrogens is 2. The second-order valence-electron chi connectivity index (χ2n) is 3.20. The van der Waals surface area contributed by atoms with Gasteiger partial charge in [-0.3, -0.25) is 0 Å². The zero-order chi connectivity index (χ0) is 12.3. The molecule has 86 valence electrons. The SMILES string of the molecule is O=C(O)c1ccc(Cl)c(Nc2ncccn2)c1. The van der Waals surface area contributed by atoms with E-state index in [1.54, 1.807) is 18.5 Å². The fourth-order valence-electron chi connectivity index (χ4n) is 1.24. The first-order valence-electron chi connectivity index (χ1n) is 4.74. The Morgan fingerprint density at radius 2 is 2.00 bits per heavy atom. The van der Waals surface area contributed by atoms with Crippen molar-refractivity contribution in [3.8, 4) is 0 Å². The Labute approximate surface area is 102 Å². The third-order valence-electron chi connectivity index (χ3n) is 2.03. The van der Waals surface area contributed by atoms with Gasteiger partial charge in [-0.25, -0.2) is 14.8 Å². The van der Waals surface area contributed by atoms with Gasteiger partial charge >= 0.3 is 5.97 Å². The van der Waals surface area contributed by atoms with Gasteiger partial charge in [0, 0.05) is 12.4 Å². The number of carbonyl (C=O) groups is 1. The summed E-state index contributed by atoms with van der Waals surface area (Å²) in [7, 11) is 0. The fraction of sp³-hybridized carbons (Fsp3) is 0. The maximum Gasteiger partial charge on any atom is 0.335 e. The van der Waals surface area contributed by atoms with Gasteiger partial charge in [-0.05, 0) is 24.3 Å². The van der Waals surface area contributed by atoms with E-state index >= 15 is 0 Å². The molecule has 5 nitrogen and oxygen atoms in total. The van der Waals surface area contributed by atoms with Crippen LogP contribution < -0.4 is 5.32 Å². The summed E-state index contributed by atoms with van der Waals surface area (Å²) in [5.74, 6) is -0.657. The maximum atomic E-state index is 10.8. The average Bonchev–Trinajstić information content (AvgIpc) is 2.33. The molecule has 1 heterocycles. The second-order valence-corrected chi connectivity index (χ2v) is 3.60. The van der Waals surface area contributed by atoms with Gasteiger partial charge in [-0.1, -0.05) is 11.6 Å². The summed E-state index contributed by atoms with van der Waals surface area (Å²) in [5, 5.41) is 12.1. The van der Waals surface area contributed by atoms with Crippen LogP contribution in [0.3, 0.4) is 0 Å². The van der Waals surface area contributed by atoms with Crippen molar-refractivity contribution in [2.24, 2.45) is 0 Å². The Balaban J connectivity index is 2.32. The van der Waals surface area contributed by atoms with E-state index in [1.165, 1.54) is 18.2 Å². The van der Waals surface area contributed by atoms with Gasteiger partial charge in [-0.2, -0.15) is 0 Å². The van der Waals surface area contributed by atoms with Crippen LogP contribution in [0, 0.1) is 0 Å². The minimum atomic E-state index is -1.02. The van der Waals surface area contributed by atoms with Crippen molar-refractivity contribution < 1.29 is 9.90 Å². The fourth-order valence-corrected chi connectivity index (χ4v) is 1.40. The number of carboxylic acid groups (broad SMARTS) is 1. The number of carboxylic acids is 1. The number of anilines is 2. The number of rotatable bonds is 3. The van der Waals surface area contributed by atoms with E-state index in [0.29, 0.717) is 16.7 Å². The molecule has 0 spiro atoms. The predicted octanol–water partition coefficient (Wildman–Crippen LogP) is 2.57. The Bertz CT molecular complexity index is 546. The number of halogens is 1. The molecule has 6 heteroatoms. The molecule has 0 saturated carbocycles. The molecule has 1 aromatic carbocycles. The lowest BCUT2D eigenvalue weighted by molar-refractivity contribution is 0.0697. The summed E-state index contributed by atoms with van der Waals surface area (Å²) in [6.45, 7) is 0. The summed E-state index contributed by atoms with van der Waals surface area (Å²) >= 11 is 5.94. The van der Waals surface area contributed by atoms with Crippen LogP contribution in [0.1, 0.15) is 10.4 Å². The number of aromatic carboxylic acids is 1. The Morgan fingerprint density at radius 1 is 1.29 bits per heavy atom. The molecule has 0 bridgehead atoms. The molecule has 0 radical (unpaired) electrons. The molecule has 2 N–H and O–H groups in total. The van der Waals surface area contributed by atoms with Gasteiger partial charge in [0.2, 0.25) is 5.95 Å². The topological polar surface area (TPSA) is 75.1 Å². The first kappa shape index (κ1) is 11.3. The Morgan fingerprint density at radius 3 is 2.65 bits per heavy atom. The first-order valence-corrected chi connectivity index (χ1v) is 5.11.